The van der Waals surface area contributed by atoms with E-state index in [-0.39, 0.29) is 5.75 Å². The van der Waals surface area contributed by atoms with E-state index in [1.807, 2.05) is 0 Å². The third-order valence-corrected chi connectivity index (χ3v) is 2.96. The van der Waals surface area contributed by atoms with Crippen molar-refractivity contribution in [1.29, 1.82) is 0 Å². The van der Waals surface area contributed by atoms with Gasteiger partial charge in [0.25, 0.3) is 0 Å². The first-order valence-corrected chi connectivity index (χ1v) is 5.76. The maximum absolute atomic E-state index is 10.0. The molecule has 0 fully saturated rings. The quantitative estimate of drug-likeness (QED) is 0.492. The molecule has 0 aromatic heterocycles. The number of hydrogen-bond donors (Lipinski definition) is 0. The van der Waals surface area contributed by atoms with Crippen LogP contribution in [0.25, 0.3) is 0 Å². The Morgan fingerprint density at radius 2 is 1.83 bits per heavy atom. The molecule has 0 aliphatic rings. The van der Waals surface area contributed by atoms with Gasteiger partial charge in [-0.2, -0.15) is 0 Å². The Hall–Kier alpha value is 0.493. The van der Waals surface area contributed by atoms with E-state index in [2.05, 4.69) is 0 Å². The third kappa shape index (κ3) is 4.49. The molecule has 4 heteroatoms. The Morgan fingerprint density at radius 1 is 1.67 bits per heavy atom. The van der Waals surface area contributed by atoms with Crippen LogP contribution in [0.4, 0.5) is 0 Å². The molecule has 0 heterocycles. The van der Waals surface area contributed by atoms with Crippen LogP contribution in [0.5, 0.6) is 0 Å². The molecule has 2 nitrogen and oxygen atoms in total. The molecule has 0 aromatic carbocycles. The fourth-order valence-electron chi connectivity index (χ4n) is 0. The molecule has 0 saturated carbocycles. The van der Waals surface area contributed by atoms with Crippen molar-refractivity contribution in [1.82, 2.24) is 0 Å². The van der Waals surface area contributed by atoms with Gasteiger partial charge in [0.15, 0.2) is 0 Å². The molecule has 0 spiro atoms. The Morgan fingerprint density at radius 3 is 1.83 bits per heavy atom. The standard InChI is InChI=1S/C2H5GeO2S/c1-2-6(3,4)5/h2H2,1H3. The summed E-state index contributed by atoms with van der Waals surface area (Å²) in [5.74, 6) is 0.243. The number of hydrogen-bond acceptors (Lipinski definition) is 2. The monoisotopic (exact) mass is 167 g/mol. The second kappa shape index (κ2) is 1.97. The van der Waals surface area contributed by atoms with Crippen molar-refractivity contribution in [3.63, 3.8) is 0 Å². The predicted octanol–water partition coefficient (Wildman–Crippen LogP) is -0.495. The van der Waals surface area contributed by atoms with Gasteiger partial charge in [-0.1, -0.05) is 0 Å². The van der Waals surface area contributed by atoms with Crippen LogP contribution < -0.4 is 0 Å². The molecule has 0 N–H and O–H groups in total. The normalized spacial score (nSPS) is 11.7. The van der Waals surface area contributed by atoms with Gasteiger partial charge in [-0.15, -0.1) is 0 Å². The molecule has 35 valence electrons. The van der Waals surface area contributed by atoms with Crippen molar-refractivity contribution < 1.29 is 8.42 Å². The van der Waals surface area contributed by atoms with Crippen LogP contribution in [0.1, 0.15) is 6.92 Å². The van der Waals surface area contributed by atoms with Gasteiger partial charge in [-0.25, -0.2) is 0 Å². The summed E-state index contributed by atoms with van der Waals surface area (Å²) in [7, 11) is -2.66. The van der Waals surface area contributed by atoms with Crippen molar-refractivity contribution in [2.75, 3.05) is 5.75 Å². The number of rotatable bonds is 1. The summed E-state index contributed by atoms with van der Waals surface area (Å²) in [5.41, 5.74) is 0. The molecule has 0 amide bonds. The van der Waals surface area contributed by atoms with Gasteiger partial charge in [0.2, 0.25) is 0 Å². The summed E-state index contributed by atoms with van der Waals surface area (Å²) in [6, 6.07) is 0. The molecule has 0 saturated heterocycles. The van der Waals surface area contributed by atoms with E-state index in [1.54, 1.807) is 6.92 Å². The zero-order chi connectivity index (χ0) is 5.21. The summed E-state index contributed by atoms with van der Waals surface area (Å²) < 4.78 is 20.0. The van der Waals surface area contributed by atoms with Crippen molar-refractivity contribution in [3.8, 4) is 0 Å². The molecule has 0 unspecified atom stereocenters. The van der Waals surface area contributed by atoms with Crippen molar-refractivity contribution in [2.24, 2.45) is 0 Å². The topological polar surface area (TPSA) is 34.1 Å². The van der Waals surface area contributed by atoms with Crippen LogP contribution in [-0.2, 0) is 8.16 Å². The van der Waals surface area contributed by atoms with E-state index in [9.17, 15) is 8.42 Å². The van der Waals surface area contributed by atoms with Crippen LogP contribution in [0.2, 0.25) is 0 Å². The molecular weight excluding hydrogens is 161 g/mol. The van der Waals surface area contributed by atoms with Crippen LogP contribution in [0.15, 0.2) is 0 Å². The molecule has 3 radical (unpaired) electrons. The molecule has 0 aliphatic carbocycles. The Kier molecular flexibility index (Phi) is 2.14. The second-order valence-electron chi connectivity index (χ2n) is 0.903. The minimum absolute atomic E-state index is 0.243. The Bertz CT molecular complexity index is 114. The third-order valence-electron chi connectivity index (χ3n) is 0.380. The van der Waals surface area contributed by atoms with Gasteiger partial charge in [0.05, 0.1) is 0 Å². The van der Waals surface area contributed by atoms with E-state index in [4.69, 9.17) is 0 Å². The van der Waals surface area contributed by atoms with Gasteiger partial charge in [0.1, 0.15) is 0 Å². The SMILES string of the molecule is CC[S](=O)(=O)[Ge]. The molecule has 0 rings (SSSR count). The van der Waals surface area contributed by atoms with Crippen LogP contribution in [0.3, 0.4) is 0 Å². The van der Waals surface area contributed by atoms with E-state index < -0.39 is 8.16 Å². The van der Waals surface area contributed by atoms with Crippen molar-refractivity contribution in [2.45, 2.75) is 6.92 Å². The first-order valence-electron chi connectivity index (χ1n) is 1.53. The van der Waals surface area contributed by atoms with Crippen LogP contribution in [-0.4, -0.2) is 29.5 Å². The average Bonchev–Trinajstić information content (AvgIpc) is 1.35. The van der Waals surface area contributed by atoms with E-state index in [0.29, 0.717) is 0 Å². The zero-order valence-corrected chi connectivity index (χ0v) is 6.35. The predicted molar refractivity (Wildman–Crippen MR) is 25.2 cm³/mol. The Balaban J connectivity index is 3.85. The van der Waals surface area contributed by atoms with Crippen LogP contribution >= 0.6 is 0 Å². The van der Waals surface area contributed by atoms with Gasteiger partial charge in [-0.3, -0.25) is 0 Å². The summed E-state index contributed by atoms with van der Waals surface area (Å²) in [4.78, 5) is 0. The van der Waals surface area contributed by atoms with Crippen LogP contribution in [0, 0.1) is 0 Å². The average molecular weight is 166 g/mol. The first kappa shape index (κ1) is 6.49. The van der Waals surface area contributed by atoms with Gasteiger partial charge in [0, 0.05) is 0 Å². The summed E-state index contributed by atoms with van der Waals surface area (Å²) in [5, 5.41) is 0. The molecule has 0 atom stereocenters. The van der Waals surface area contributed by atoms with E-state index in [0.717, 1.165) is 0 Å². The summed E-state index contributed by atoms with van der Waals surface area (Å²) in [6.45, 7) is 1.62. The van der Waals surface area contributed by atoms with E-state index >= 15 is 0 Å². The van der Waals surface area contributed by atoms with Crippen molar-refractivity contribution >= 4 is 23.5 Å². The fraction of sp³-hybridized carbons (Fsp3) is 1.00. The summed E-state index contributed by atoms with van der Waals surface area (Å²) in [6.07, 6.45) is 0. The maximum atomic E-state index is 10.0. The second-order valence-corrected chi connectivity index (χ2v) is 6.63. The van der Waals surface area contributed by atoms with Crippen molar-refractivity contribution in [3.05, 3.63) is 0 Å². The zero-order valence-electron chi connectivity index (χ0n) is 3.43. The first-order chi connectivity index (χ1) is 2.56. The summed E-state index contributed by atoms with van der Waals surface area (Å²) >= 11 is 1.22. The van der Waals surface area contributed by atoms with Gasteiger partial charge >= 0.3 is 44.6 Å². The molecular formula is C2H5GeO2S. The molecule has 0 bridgehead atoms. The molecule has 0 aliphatic heterocycles. The Labute approximate surface area is 45.1 Å². The fourth-order valence-corrected chi connectivity index (χ4v) is 0. The van der Waals surface area contributed by atoms with E-state index in [1.165, 1.54) is 15.4 Å². The molecule has 6 heavy (non-hydrogen) atoms. The van der Waals surface area contributed by atoms with Gasteiger partial charge < -0.3 is 0 Å². The van der Waals surface area contributed by atoms with Gasteiger partial charge in [-0.05, 0) is 0 Å². The minimum atomic E-state index is -2.66. The molecule has 0 aromatic rings.